The highest BCUT2D eigenvalue weighted by Gasteiger charge is 2.20. The van der Waals surface area contributed by atoms with Crippen LogP contribution in [0.3, 0.4) is 0 Å². The first-order chi connectivity index (χ1) is 11.4. The van der Waals surface area contributed by atoms with Gasteiger partial charge < -0.3 is 10.2 Å². The molecule has 0 atom stereocenters. The third-order valence-electron chi connectivity index (χ3n) is 4.30. The van der Waals surface area contributed by atoms with Crippen LogP contribution in [0, 0.1) is 0 Å². The maximum Gasteiger partial charge on any atom is 0.256 e. The third-order valence-corrected chi connectivity index (χ3v) is 4.30. The van der Waals surface area contributed by atoms with E-state index in [0.29, 0.717) is 11.5 Å². The number of hydrogen-bond donors (Lipinski definition) is 1. The molecule has 1 fully saturated rings. The summed E-state index contributed by atoms with van der Waals surface area (Å²) in [7, 11) is 0. The first kappa shape index (κ1) is 16.4. The van der Waals surface area contributed by atoms with E-state index in [-0.39, 0.29) is 11.3 Å². The zero-order valence-electron chi connectivity index (χ0n) is 14.5. The number of benzene rings is 1. The number of rotatable bonds is 3. The molecule has 1 aliphatic heterocycles. The van der Waals surface area contributed by atoms with Gasteiger partial charge in [0.2, 0.25) is 5.95 Å². The van der Waals surface area contributed by atoms with Crippen molar-refractivity contribution in [1.82, 2.24) is 14.9 Å². The minimum Gasteiger partial charge on any atom is -0.339 e. The summed E-state index contributed by atoms with van der Waals surface area (Å²) in [5, 5.41) is 3.17. The molecule has 0 spiro atoms. The largest absolute Gasteiger partial charge is 0.339 e. The van der Waals surface area contributed by atoms with Crippen molar-refractivity contribution in [1.29, 1.82) is 0 Å². The summed E-state index contributed by atoms with van der Waals surface area (Å²) >= 11 is 0. The summed E-state index contributed by atoms with van der Waals surface area (Å²) in [5.41, 5.74) is 2.89. The van der Waals surface area contributed by atoms with Gasteiger partial charge in [0.25, 0.3) is 5.91 Å². The predicted octanol–water partition coefficient (Wildman–Crippen LogP) is 3.75. The van der Waals surface area contributed by atoms with Gasteiger partial charge in [0, 0.05) is 31.2 Å². The van der Waals surface area contributed by atoms with Crippen LogP contribution < -0.4 is 5.32 Å². The van der Waals surface area contributed by atoms with Gasteiger partial charge in [0.1, 0.15) is 0 Å². The summed E-state index contributed by atoms with van der Waals surface area (Å²) in [6, 6.07) is 8.25. The van der Waals surface area contributed by atoms with Gasteiger partial charge in [-0.15, -0.1) is 0 Å². The minimum absolute atomic E-state index is 0.0218. The Kier molecular flexibility index (Phi) is 4.51. The van der Waals surface area contributed by atoms with Crippen LogP contribution in [-0.4, -0.2) is 33.9 Å². The Morgan fingerprint density at radius 3 is 2.17 bits per heavy atom. The van der Waals surface area contributed by atoms with Crippen LogP contribution in [0.1, 0.15) is 49.5 Å². The maximum atomic E-state index is 12.3. The van der Waals surface area contributed by atoms with E-state index in [1.807, 2.05) is 17.0 Å². The molecular weight excluding hydrogens is 300 g/mol. The van der Waals surface area contributed by atoms with Crippen LogP contribution in [0.4, 0.5) is 11.6 Å². The lowest BCUT2D eigenvalue weighted by Gasteiger charge is -2.19. The number of carbonyl (C=O) groups is 1. The van der Waals surface area contributed by atoms with Crippen LogP contribution in [0.2, 0.25) is 0 Å². The lowest BCUT2D eigenvalue weighted by Crippen LogP contribution is -2.27. The fraction of sp³-hybridized carbons (Fsp3) is 0.421. The van der Waals surface area contributed by atoms with Crippen LogP contribution in [-0.2, 0) is 5.41 Å². The molecule has 0 saturated carbocycles. The van der Waals surface area contributed by atoms with Crippen LogP contribution in [0.25, 0.3) is 0 Å². The second kappa shape index (κ2) is 6.59. The van der Waals surface area contributed by atoms with Gasteiger partial charge in [-0.2, -0.15) is 0 Å². The highest BCUT2D eigenvalue weighted by Crippen LogP contribution is 2.24. The number of nitrogens with zero attached hydrogens (tertiary/aromatic N) is 3. The Morgan fingerprint density at radius 1 is 1.04 bits per heavy atom. The van der Waals surface area contributed by atoms with E-state index in [9.17, 15) is 4.79 Å². The average Bonchev–Trinajstić information content (AvgIpc) is 3.09. The van der Waals surface area contributed by atoms with Crippen LogP contribution >= 0.6 is 0 Å². The number of amides is 1. The standard InChI is InChI=1S/C19H24N4O/c1-19(2,3)15-6-8-16(9-7-15)22-18-20-12-14(13-21-18)17(24)23-10-4-5-11-23/h6-9,12-13H,4-5,10-11H2,1-3H3,(H,20,21,22). The molecule has 24 heavy (non-hydrogen) atoms. The van der Waals surface area contributed by atoms with Gasteiger partial charge >= 0.3 is 0 Å². The highest BCUT2D eigenvalue weighted by atomic mass is 16.2. The van der Waals surface area contributed by atoms with Crippen LogP contribution in [0.5, 0.6) is 0 Å². The van der Waals surface area contributed by atoms with Crippen molar-refractivity contribution in [2.75, 3.05) is 18.4 Å². The molecule has 1 amide bonds. The summed E-state index contributed by atoms with van der Waals surface area (Å²) in [4.78, 5) is 22.7. The molecule has 1 aromatic carbocycles. The molecule has 1 saturated heterocycles. The number of carbonyl (C=O) groups excluding carboxylic acids is 1. The van der Waals surface area contributed by atoms with Crippen molar-refractivity contribution in [3.63, 3.8) is 0 Å². The molecule has 2 heterocycles. The zero-order chi connectivity index (χ0) is 17.2. The Balaban J connectivity index is 1.66. The molecule has 0 aliphatic carbocycles. The van der Waals surface area contributed by atoms with Crippen molar-refractivity contribution < 1.29 is 4.79 Å². The summed E-state index contributed by atoms with van der Waals surface area (Å²) < 4.78 is 0. The first-order valence-electron chi connectivity index (χ1n) is 8.42. The van der Waals surface area contributed by atoms with Crippen molar-refractivity contribution in [3.8, 4) is 0 Å². The van der Waals surface area contributed by atoms with Crippen molar-refractivity contribution in [3.05, 3.63) is 47.8 Å². The predicted molar refractivity (Wildman–Crippen MR) is 95.6 cm³/mol. The second-order valence-corrected chi connectivity index (χ2v) is 7.25. The quantitative estimate of drug-likeness (QED) is 0.934. The third kappa shape index (κ3) is 3.72. The van der Waals surface area contributed by atoms with Crippen molar-refractivity contribution >= 4 is 17.5 Å². The Morgan fingerprint density at radius 2 is 1.62 bits per heavy atom. The van der Waals surface area contributed by atoms with Gasteiger partial charge in [-0.3, -0.25) is 4.79 Å². The smallest absolute Gasteiger partial charge is 0.256 e. The Hall–Kier alpha value is -2.43. The molecule has 0 bridgehead atoms. The molecule has 5 heteroatoms. The number of aromatic nitrogens is 2. The number of anilines is 2. The van der Waals surface area contributed by atoms with E-state index < -0.39 is 0 Å². The van der Waals surface area contributed by atoms with E-state index in [0.717, 1.165) is 31.6 Å². The van der Waals surface area contributed by atoms with E-state index in [4.69, 9.17) is 0 Å². The molecule has 1 N–H and O–H groups in total. The molecule has 126 valence electrons. The zero-order valence-corrected chi connectivity index (χ0v) is 14.5. The minimum atomic E-state index is 0.0218. The van der Waals surface area contributed by atoms with Crippen molar-refractivity contribution in [2.24, 2.45) is 0 Å². The maximum absolute atomic E-state index is 12.3. The number of hydrogen-bond acceptors (Lipinski definition) is 4. The molecule has 5 nitrogen and oxygen atoms in total. The lowest BCUT2D eigenvalue weighted by atomic mass is 9.87. The Bertz CT molecular complexity index is 696. The molecule has 3 rings (SSSR count). The lowest BCUT2D eigenvalue weighted by molar-refractivity contribution is 0.0792. The average molecular weight is 324 g/mol. The normalized spacial score (nSPS) is 14.7. The topological polar surface area (TPSA) is 58.1 Å². The van der Waals surface area contributed by atoms with Gasteiger partial charge in [-0.25, -0.2) is 9.97 Å². The highest BCUT2D eigenvalue weighted by molar-refractivity contribution is 5.93. The SMILES string of the molecule is CC(C)(C)c1ccc(Nc2ncc(C(=O)N3CCCC3)cn2)cc1. The van der Waals surface area contributed by atoms with E-state index >= 15 is 0 Å². The molecule has 0 unspecified atom stereocenters. The van der Waals surface area contributed by atoms with E-state index in [1.165, 1.54) is 5.56 Å². The fourth-order valence-electron chi connectivity index (χ4n) is 2.79. The molecule has 0 radical (unpaired) electrons. The summed E-state index contributed by atoms with van der Waals surface area (Å²) in [5.74, 6) is 0.519. The van der Waals surface area contributed by atoms with Crippen LogP contribution in [0.15, 0.2) is 36.7 Å². The molecular formula is C19H24N4O. The van der Waals surface area contributed by atoms with Gasteiger partial charge in [-0.05, 0) is 36.0 Å². The number of likely N-dealkylation sites (tertiary alicyclic amines) is 1. The molecule has 2 aromatic rings. The second-order valence-electron chi connectivity index (χ2n) is 7.25. The molecule has 1 aliphatic rings. The van der Waals surface area contributed by atoms with E-state index in [1.54, 1.807) is 12.4 Å². The van der Waals surface area contributed by atoms with Gasteiger partial charge in [-0.1, -0.05) is 32.9 Å². The Labute approximate surface area is 143 Å². The van der Waals surface area contributed by atoms with Crippen molar-refractivity contribution in [2.45, 2.75) is 39.0 Å². The summed E-state index contributed by atoms with van der Waals surface area (Å²) in [6.07, 6.45) is 5.35. The number of nitrogens with one attached hydrogen (secondary N) is 1. The molecule has 1 aromatic heterocycles. The van der Waals surface area contributed by atoms with Gasteiger partial charge in [0.05, 0.1) is 5.56 Å². The van der Waals surface area contributed by atoms with E-state index in [2.05, 4.69) is 48.2 Å². The first-order valence-corrected chi connectivity index (χ1v) is 8.42. The summed E-state index contributed by atoms with van der Waals surface area (Å²) in [6.45, 7) is 8.23. The monoisotopic (exact) mass is 324 g/mol. The van der Waals surface area contributed by atoms with Gasteiger partial charge in [0.15, 0.2) is 0 Å². The fourth-order valence-corrected chi connectivity index (χ4v) is 2.79.